The van der Waals surface area contributed by atoms with E-state index in [1.165, 1.54) is 10.4 Å². The molecule has 0 aliphatic rings. The number of imidazole rings is 1. The molecular weight excluding hydrogens is 579 g/mol. The summed E-state index contributed by atoms with van der Waals surface area (Å²) < 4.78 is 2.35. The molecule has 0 radical (unpaired) electrons. The van der Waals surface area contributed by atoms with E-state index in [0.29, 0.717) is 24.6 Å². The van der Waals surface area contributed by atoms with Gasteiger partial charge in [0, 0.05) is 42.5 Å². The van der Waals surface area contributed by atoms with Crippen LogP contribution in [0.4, 0.5) is 0 Å². The normalized spacial score (nSPS) is 13.1. The number of carbonyl (C=O) groups excluding carboxylic acids is 2. The molecule has 2 atom stereocenters. The van der Waals surface area contributed by atoms with Crippen LogP contribution in [0.1, 0.15) is 93.5 Å². The third kappa shape index (κ3) is 9.50. The lowest BCUT2D eigenvalue weighted by Crippen LogP contribution is -2.48. The molecule has 2 heterocycles. The third-order valence-corrected chi connectivity index (χ3v) is 9.34. The predicted octanol–water partition coefficient (Wildman–Crippen LogP) is 7.47. The van der Waals surface area contributed by atoms with Crippen molar-refractivity contribution in [2.24, 2.45) is 11.8 Å². The van der Waals surface area contributed by atoms with E-state index in [1.54, 1.807) is 11.3 Å². The Hall–Kier alpha value is -3.49. The minimum absolute atomic E-state index is 0.132. The average molecular weight is 630 g/mol. The van der Waals surface area contributed by atoms with Crippen LogP contribution >= 0.6 is 11.3 Å². The highest BCUT2D eigenvalue weighted by molar-refractivity contribution is 7.09. The topological polar surface area (TPSA) is 79.3 Å². The number of fused-ring (bicyclic) bond motifs is 1. The number of nitrogens with one attached hydrogen (secondary N) is 2. The molecule has 2 amide bonds. The van der Waals surface area contributed by atoms with Crippen LogP contribution in [0.5, 0.6) is 0 Å². The molecule has 0 fully saturated rings. The summed E-state index contributed by atoms with van der Waals surface area (Å²) in [7, 11) is 0. The van der Waals surface area contributed by atoms with Crippen LogP contribution in [0, 0.1) is 11.8 Å². The predicted molar refractivity (Wildman–Crippen MR) is 187 cm³/mol. The number of thiophene rings is 1. The summed E-state index contributed by atoms with van der Waals surface area (Å²) in [5.74, 6) is 1.16. The number of nitrogens with zero attached hydrogens (tertiary/aromatic N) is 3. The molecule has 4 rings (SSSR count). The van der Waals surface area contributed by atoms with Crippen molar-refractivity contribution in [3.8, 4) is 0 Å². The molecule has 0 saturated carbocycles. The Labute approximate surface area is 273 Å². The van der Waals surface area contributed by atoms with Crippen LogP contribution in [-0.2, 0) is 17.8 Å². The van der Waals surface area contributed by atoms with Crippen molar-refractivity contribution in [3.63, 3.8) is 0 Å². The summed E-state index contributed by atoms with van der Waals surface area (Å²) in [5.41, 5.74) is 3.67. The van der Waals surface area contributed by atoms with Crippen molar-refractivity contribution < 1.29 is 9.59 Å². The Morgan fingerprint density at radius 1 is 0.978 bits per heavy atom. The minimum Gasteiger partial charge on any atom is -0.354 e. The van der Waals surface area contributed by atoms with Gasteiger partial charge < -0.3 is 15.2 Å². The van der Waals surface area contributed by atoms with Crippen molar-refractivity contribution >= 4 is 34.2 Å². The van der Waals surface area contributed by atoms with Gasteiger partial charge in [-0.15, -0.1) is 11.3 Å². The maximum absolute atomic E-state index is 13.5. The molecule has 0 bridgehead atoms. The zero-order chi connectivity index (χ0) is 32.3. The smallest absolute Gasteiger partial charge is 0.252 e. The molecule has 1 unspecified atom stereocenters. The lowest BCUT2D eigenvalue weighted by Gasteiger charge is -2.26. The second-order valence-electron chi connectivity index (χ2n) is 12.6. The summed E-state index contributed by atoms with van der Waals surface area (Å²) in [5, 5.41) is 8.27. The molecule has 2 aromatic heterocycles. The molecule has 242 valence electrons. The number of amides is 2. The van der Waals surface area contributed by atoms with E-state index in [9.17, 15) is 9.59 Å². The van der Waals surface area contributed by atoms with Crippen LogP contribution in [-0.4, -0.2) is 51.9 Å². The summed E-state index contributed by atoms with van der Waals surface area (Å²) in [4.78, 5) is 35.6. The SMILES string of the molecule is CCC(CC)n1c(Cc2cccs2)nc2cc(C(=O)N[C@@H](CC(C)C)C(=O)NCC(C)CN(CC)Cc3ccccc3)ccc21. The van der Waals surface area contributed by atoms with Gasteiger partial charge in [-0.25, -0.2) is 4.98 Å². The van der Waals surface area contributed by atoms with Crippen molar-refractivity contribution in [3.05, 3.63) is 87.9 Å². The van der Waals surface area contributed by atoms with Crippen molar-refractivity contribution in [2.75, 3.05) is 19.6 Å². The summed E-state index contributed by atoms with van der Waals surface area (Å²) >= 11 is 1.74. The van der Waals surface area contributed by atoms with Gasteiger partial charge in [-0.2, -0.15) is 0 Å². The first-order valence-corrected chi connectivity index (χ1v) is 17.5. The zero-order valence-corrected chi connectivity index (χ0v) is 28.7. The van der Waals surface area contributed by atoms with Crippen molar-refractivity contribution in [1.29, 1.82) is 0 Å². The summed E-state index contributed by atoms with van der Waals surface area (Å²) in [6, 6.07) is 20.2. The number of hydrogen-bond donors (Lipinski definition) is 2. The van der Waals surface area contributed by atoms with E-state index < -0.39 is 6.04 Å². The Balaban J connectivity index is 1.43. The standard InChI is InChI=1S/C37H51N5O2S/c1-7-30(8-2)42-34-18-17-29(21-32(34)39-35(42)22-31-16-13-19-45-31)36(43)40-33(20-26(4)5)37(44)38-23-27(6)24-41(9-3)25-28-14-11-10-12-15-28/h10-19,21,26-27,30,33H,7-9,20,22-25H2,1-6H3,(H,38,44)(H,40,43)/t27?,33-/m0/s1. The number of hydrogen-bond acceptors (Lipinski definition) is 5. The molecular formula is C37H51N5O2S. The first kappa shape index (κ1) is 34.4. The number of aromatic nitrogens is 2. The van der Waals surface area contributed by atoms with E-state index in [0.717, 1.165) is 55.8 Å². The highest BCUT2D eigenvalue weighted by Crippen LogP contribution is 2.28. The summed E-state index contributed by atoms with van der Waals surface area (Å²) in [6.07, 6.45) is 3.35. The van der Waals surface area contributed by atoms with E-state index in [2.05, 4.69) is 103 Å². The molecule has 2 aromatic carbocycles. The Morgan fingerprint density at radius 2 is 1.73 bits per heavy atom. The number of benzene rings is 2. The van der Waals surface area contributed by atoms with Crippen molar-refractivity contribution in [1.82, 2.24) is 25.1 Å². The summed E-state index contributed by atoms with van der Waals surface area (Å²) in [6.45, 7) is 16.2. The van der Waals surface area contributed by atoms with Gasteiger partial charge in [0.05, 0.1) is 11.0 Å². The van der Waals surface area contributed by atoms with Gasteiger partial charge >= 0.3 is 0 Å². The van der Waals surface area contributed by atoms with E-state index in [4.69, 9.17) is 4.98 Å². The third-order valence-electron chi connectivity index (χ3n) is 8.46. The van der Waals surface area contributed by atoms with Crippen LogP contribution in [0.15, 0.2) is 66.0 Å². The lowest BCUT2D eigenvalue weighted by molar-refractivity contribution is -0.123. The van der Waals surface area contributed by atoms with Gasteiger partial charge in [-0.1, -0.05) is 77.9 Å². The Kier molecular flexibility index (Phi) is 12.8. The molecule has 0 spiro atoms. The molecule has 7 nitrogen and oxygen atoms in total. The first-order valence-electron chi connectivity index (χ1n) is 16.6. The van der Waals surface area contributed by atoms with Gasteiger partial charge in [0.25, 0.3) is 5.91 Å². The molecule has 4 aromatic rings. The van der Waals surface area contributed by atoms with Gasteiger partial charge in [-0.05, 0) is 72.9 Å². The van der Waals surface area contributed by atoms with Crippen LogP contribution < -0.4 is 10.6 Å². The second-order valence-corrected chi connectivity index (χ2v) is 13.7. The number of carbonyl (C=O) groups is 2. The molecule has 2 N–H and O–H groups in total. The van der Waals surface area contributed by atoms with Crippen LogP contribution in [0.25, 0.3) is 11.0 Å². The fourth-order valence-corrected chi connectivity index (χ4v) is 6.74. The minimum atomic E-state index is -0.608. The first-order chi connectivity index (χ1) is 21.7. The fraction of sp³-hybridized carbons (Fsp3) is 0.486. The highest BCUT2D eigenvalue weighted by atomic mass is 32.1. The van der Waals surface area contributed by atoms with E-state index >= 15 is 0 Å². The molecule has 8 heteroatoms. The van der Waals surface area contributed by atoms with Crippen LogP contribution in [0.3, 0.4) is 0 Å². The maximum atomic E-state index is 13.5. The zero-order valence-electron chi connectivity index (χ0n) is 27.9. The molecule has 0 saturated heterocycles. The highest BCUT2D eigenvalue weighted by Gasteiger charge is 2.24. The lowest BCUT2D eigenvalue weighted by atomic mass is 10.0. The monoisotopic (exact) mass is 629 g/mol. The van der Waals surface area contributed by atoms with E-state index in [-0.39, 0.29) is 23.7 Å². The van der Waals surface area contributed by atoms with E-state index in [1.807, 2.05) is 24.3 Å². The van der Waals surface area contributed by atoms with Crippen molar-refractivity contribution in [2.45, 2.75) is 85.9 Å². The quantitative estimate of drug-likeness (QED) is 0.127. The average Bonchev–Trinajstić information content (AvgIpc) is 3.67. The maximum Gasteiger partial charge on any atom is 0.252 e. The number of rotatable bonds is 17. The van der Waals surface area contributed by atoms with Gasteiger partial charge in [0.15, 0.2) is 0 Å². The molecule has 0 aliphatic heterocycles. The molecule has 45 heavy (non-hydrogen) atoms. The van der Waals surface area contributed by atoms with Gasteiger partial charge in [0.2, 0.25) is 5.91 Å². The van der Waals surface area contributed by atoms with Crippen LogP contribution in [0.2, 0.25) is 0 Å². The molecule has 0 aliphatic carbocycles. The second kappa shape index (κ2) is 16.7. The Bertz CT molecular complexity index is 1490. The van der Waals surface area contributed by atoms with Gasteiger partial charge in [-0.3, -0.25) is 14.5 Å². The van der Waals surface area contributed by atoms with Gasteiger partial charge in [0.1, 0.15) is 11.9 Å². The Morgan fingerprint density at radius 3 is 2.38 bits per heavy atom. The fourth-order valence-electron chi connectivity index (χ4n) is 6.04. The largest absolute Gasteiger partial charge is 0.354 e.